The predicted octanol–water partition coefficient (Wildman–Crippen LogP) is 4.44. The Labute approximate surface area is 186 Å². The number of amides is 2. The zero-order valence-corrected chi connectivity index (χ0v) is 18.9. The van der Waals surface area contributed by atoms with Gasteiger partial charge in [0.25, 0.3) is 0 Å². The highest BCUT2D eigenvalue weighted by molar-refractivity contribution is 5.74. The van der Waals surface area contributed by atoms with Crippen molar-refractivity contribution in [2.45, 2.75) is 69.4 Å². The van der Waals surface area contributed by atoms with Gasteiger partial charge in [0.2, 0.25) is 0 Å². The van der Waals surface area contributed by atoms with Crippen LogP contribution < -0.4 is 5.32 Å². The van der Waals surface area contributed by atoms with Gasteiger partial charge >= 0.3 is 6.03 Å². The van der Waals surface area contributed by atoms with E-state index in [4.69, 9.17) is 4.74 Å². The molecule has 1 aliphatic carbocycles. The Hall–Kier alpha value is -2.34. The molecule has 1 aliphatic heterocycles. The van der Waals surface area contributed by atoms with Crippen LogP contribution in [0.15, 0.2) is 42.6 Å². The molecule has 2 heterocycles. The third kappa shape index (κ3) is 5.12. The Morgan fingerprint density at radius 3 is 2.58 bits per heavy atom. The van der Waals surface area contributed by atoms with Gasteiger partial charge < -0.3 is 15.0 Å². The number of hydrogen-bond acceptors (Lipinski definition) is 3. The molecule has 1 N–H and O–H groups in total. The van der Waals surface area contributed by atoms with Crippen molar-refractivity contribution in [3.05, 3.63) is 53.9 Å². The molecule has 0 spiro atoms. The zero-order chi connectivity index (χ0) is 21.6. The van der Waals surface area contributed by atoms with Crippen LogP contribution in [0.2, 0.25) is 0 Å². The van der Waals surface area contributed by atoms with Gasteiger partial charge in [-0.2, -0.15) is 5.10 Å². The lowest BCUT2D eigenvalue weighted by atomic mass is 9.82. The lowest BCUT2D eigenvalue weighted by Gasteiger charge is -2.42. The summed E-state index contributed by atoms with van der Waals surface area (Å²) in [6, 6.07) is 13.0. The third-order valence-electron chi connectivity index (χ3n) is 7.05. The maximum Gasteiger partial charge on any atom is 0.317 e. The maximum absolute atomic E-state index is 12.8. The first kappa shape index (κ1) is 21.9. The second-order valence-electron chi connectivity index (χ2n) is 8.94. The first-order chi connectivity index (χ1) is 15.2. The topological polar surface area (TPSA) is 59.4 Å². The molecule has 2 fully saturated rings. The number of urea groups is 1. The average molecular weight is 425 g/mol. The van der Waals surface area contributed by atoms with Crippen LogP contribution in [-0.4, -0.2) is 52.6 Å². The van der Waals surface area contributed by atoms with Gasteiger partial charge in [-0.15, -0.1) is 0 Å². The van der Waals surface area contributed by atoms with E-state index < -0.39 is 0 Å². The highest BCUT2D eigenvalue weighted by Crippen LogP contribution is 2.36. The molecule has 2 aliphatic rings. The number of likely N-dealkylation sites (tertiary alicyclic amines) is 1. The number of aromatic nitrogens is 2. The van der Waals surface area contributed by atoms with Crippen molar-refractivity contribution in [3.63, 3.8) is 0 Å². The summed E-state index contributed by atoms with van der Waals surface area (Å²) in [5.41, 5.74) is 2.64. The molecule has 2 aromatic rings. The van der Waals surface area contributed by atoms with Gasteiger partial charge in [-0.05, 0) is 63.0 Å². The van der Waals surface area contributed by atoms with Crippen molar-refractivity contribution in [2.75, 3.05) is 19.7 Å². The van der Waals surface area contributed by atoms with Crippen molar-refractivity contribution in [3.8, 4) is 0 Å². The first-order valence-electron chi connectivity index (χ1n) is 11.9. The second kappa shape index (κ2) is 10.3. The Morgan fingerprint density at radius 1 is 1.13 bits per heavy atom. The molecule has 0 radical (unpaired) electrons. The van der Waals surface area contributed by atoms with Gasteiger partial charge in [-0.1, -0.05) is 30.3 Å². The lowest BCUT2D eigenvalue weighted by molar-refractivity contribution is -0.0173. The molecular formula is C25H36N4O2. The van der Waals surface area contributed by atoms with Crippen LogP contribution in [0.1, 0.15) is 68.5 Å². The van der Waals surface area contributed by atoms with Crippen LogP contribution in [0.25, 0.3) is 0 Å². The molecule has 31 heavy (non-hydrogen) atoms. The van der Waals surface area contributed by atoms with Crippen LogP contribution in [0.5, 0.6) is 0 Å². The molecule has 1 aromatic heterocycles. The van der Waals surface area contributed by atoms with E-state index in [0.717, 1.165) is 32.2 Å². The molecule has 0 bridgehead atoms. The quantitative estimate of drug-likeness (QED) is 0.746. The molecule has 6 nitrogen and oxygen atoms in total. The number of aryl methyl sites for hydroxylation is 1. The van der Waals surface area contributed by atoms with Crippen molar-refractivity contribution in [1.82, 2.24) is 20.0 Å². The second-order valence-corrected chi connectivity index (χ2v) is 8.94. The molecule has 2 amide bonds. The summed E-state index contributed by atoms with van der Waals surface area (Å²) in [6.45, 7) is 3.99. The van der Waals surface area contributed by atoms with E-state index in [2.05, 4.69) is 46.8 Å². The number of carbonyl (C=O) groups excluding carboxylic acids is 1. The molecule has 1 saturated heterocycles. The van der Waals surface area contributed by atoms with E-state index in [1.165, 1.54) is 24.1 Å². The SMILES string of the molecule is CCNC(=O)N1CCC[C@H](c2ccnn2C)[C@@H]1COC1CCC(c2ccccc2)CC1. The number of hydrogen-bond donors (Lipinski definition) is 1. The first-order valence-corrected chi connectivity index (χ1v) is 11.9. The summed E-state index contributed by atoms with van der Waals surface area (Å²) in [7, 11) is 1.99. The smallest absolute Gasteiger partial charge is 0.317 e. The van der Waals surface area contributed by atoms with E-state index >= 15 is 0 Å². The number of rotatable bonds is 6. The van der Waals surface area contributed by atoms with Crippen LogP contribution >= 0.6 is 0 Å². The maximum atomic E-state index is 12.8. The van der Waals surface area contributed by atoms with Crippen LogP contribution in [-0.2, 0) is 11.8 Å². The minimum absolute atomic E-state index is 0.0238. The average Bonchev–Trinajstić information content (AvgIpc) is 3.24. The van der Waals surface area contributed by atoms with Crippen molar-refractivity contribution in [2.24, 2.45) is 7.05 Å². The molecule has 4 rings (SSSR count). The fourth-order valence-corrected chi connectivity index (χ4v) is 5.38. The minimum Gasteiger partial charge on any atom is -0.376 e. The van der Waals surface area contributed by atoms with E-state index in [-0.39, 0.29) is 24.1 Å². The van der Waals surface area contributed by atoms with Gasteiger partial charge in [0, 0.05) is 37.9 Å². The summed E-state index contributed by atoms with van der Waals surface area (Å²) < 4.78 is 8.43. The van der Waals surface area contributed by atoms with Crippen LogP contribution in [0.3, 0.4) is 0 Å². The largest absolute Gasteiger partial charge is 0.376 e. The third-order valence-corrected chi connectivity index (χ3v) is 7.05. The number of ether oxygens (including phenoxy) is 1. The summed E-state index contributed by atoms with van der Waals surface area (Å²) in [5, 5.41) is 7.37. The molecule has 1 aromatic carbocycles. The molecular weight excluding hydrogens is 388 g/mol. The van der Waals surface area contributed by atoms with E-state index in [0.29, 0.717) is 19.1 Å². The van der Waals surface area contributed by atoms with Gasteiger partial charge in [0.1, 0.15) is 0 Å². The highest BCUT2D eigenvalue weighted by Gasteiger charge is 2.37. The van der Waals surface area contributed by atoms with Gasteiger partial charge in [-0.25, -0.2) is 4.79 Å². The summed E-state index contributed by atoms with van der Waals surface area (Å²) in [4.78, 5) is 14.8. The molecule has 2 atom stereocenters. The van der Waals surface area contributed by atoms with Crippen LogP contribution in [0.4, 0.5) is 4.79 Å². The molecule has 168 valence electrons. The van der Waals surface area contributed by atoms with Crippen molar-refractivity contribution in [1.29, 1.82) is 0 Å². The fraction of sp³-hybridized carbons (Fsp3) is 0.600. The normalized spacial score (nSPS) is 26.6. The van der Waals surface area contributed by atoms with E-state index in [1.54, 1.807) is 0 Å². The van der Waals surface area contributed by atoms with Crippen molar-refractivity contribution >= 4 is 6.03 Å². The summed E-state index contributed by atoms with van der Waals surface area (Å²) in [6.07, 6.45) is 8.71. The minimum atomic E-state index is 0.0238. The zero-order valence-electron chi connectivity index (χ0n) is 18.9. The lowest BCUT2D eigenvalue weighted by Crippen LogP contribution is -2.54. The molecule has 0 unspecified atom stereocenters. The molecule has 6 heteroatoms. The standard InChI is InChI=1S/C25H36N4O2/c1-3-26-25(30)29-17-7-10-22(23-15-16-27-28(23)2)24(29)18-31-21-13-11-20(12-14-21)19-8-5-4-6-9-19/h4-6,8-9,15-16,20-22,24H,3,7,10-14,17-18H2,1-2H3,(H,26,30)/t20?,21?,22-,24+/m1/s1. The summed E-state index contributed by atoms with van der Waals surface area (Å²) in [5.74, 6) is 0.897. The van der Waals surface area contributed by atoms with Crippen molar-refractivity contribution < 1.29 is 9.53 Å². The molecule has 1 saturated carbocycles. The Kier molecular flexibility index (Phi) is 7.28. The number of benzene rings is 1. The highest BCUT2D eigenvalue weighted by atomic mass is 16.5. The monoisotopic (exact) mass is 424 g/mol. The number of piperidine rings is 1. The Bertz CT molecular complexity index is 829. The Balaban J connectivity index is 1.40. The van der Waals surface area contributed by atoms with E-state index in [1.807, 2.05) is 29.7 Å². The van der Waals surface area contributed by atoms with E-state index in [9.17, 15) is 4.79 Å². The fourth-order valence-electron chi connectivity index (χ4n) is 5.38. The van der Waals surface area contributed by atoms with Crippen LogP contribution in [0, 0.1) is 0 Å². The number of carbonyl (C=O) groups is 1. The number of nitrogens with one attached hydrogen (secondary N) is 1. The van der Waals surface area contributed by atoms with Gasteiger partial charge in [0.15, 0.2) is 0 Å². The predicted molar refractivity (Wildman–Crippen MR) is 122 cm³/mol. The summed E-state index contributed by atoms with van der Waals surface area (Å²) >= 11 is 0. The van der Waals surface area contributed by atoms with Gasteiger partial charge in [-0.3, -0.25) is 4.68 Å². The number of nitrogens with zero attached hydrogens (tertiary/aromatic N) is 3. The van der Waals surface area contributed by atoms with Gasteiger partial charge in [0.05, 0.1) is 18.8 Å². The Morgan fingerprint density at radius 2 is 1.90 bits per heavy atom.